The molecular formula is C14H20N4O3. The molecule has 7 heteroatoms. The summed E-state index contributed by atoms with van der Waals surface area (Å²) in [5.41, 5.74) is 6.72. The molecule has 0 bridgehead atoms. The SMILES string of the molecule is COC(=O)c1ccc(N)c(N2CCC(NC(C)=O)CC2)n1. The standard InChI is InChI=1S/C14H20N4O3/c1-9(19)16-10-5-7-18(8-6-10)13-11(15)3-4-12(17-13)14(20)21-2/h3-4,10H,5-8,15H2,1-2H3,(H,16,19). The van der Waals surface area contributed by atoms with Crippen LogP contribution in [-0.2, 0) is 9.53 Å². The van der Waals surface area contributed by atoms with Gasteiger partial charge in [0.1, 0.15) is 0 Å². The normalized spacial score (nSPS) is 15.6. The highest BCUT2D eigenvalue weighted by molar-refractivity contribution is 5.88. The third kappa shape index (κ3) is 3.62. The molecule has 0 spiro atoms. The monoisotopic (exact) mass is 292 g/mol. The Morgan fingerprint density at radius 3 is 2.62 bits per heavy atom. The number of ether oxygens (including phenoxy) is 1. The van der Waals surface area contributed by atoms with Gasteiger partial charge in [-0.1, -0.05) is 0 Å². The summed E-state index contributed by atoms with van der Waals surface area (Å²) in [7, 11) is 1.32. The van der Waals surface area contributed by atoms with Crippen molar-refractivity contribution in [3.63, 3.8) is 0 Å². The third-order valence-electron chi connectivity index (χ3n) is 3.50. The molecule has 2 rings (SSSR count). The number of carbonyl (C=O) groups excluding carboxylic acids is 2. The Morgan fingerprint density at radius 2 is 2.05 bits per heavy atom. The average Bonchev–Trinajstić information content (AvgIpc) is 2.47. The summed E-state index contributed by atoms with van der Waals surface area (Å²) in [6, 6.07) is 3.40. The smallest absolute Gasteiger partial charge is 0.356 e. The van der Waals surface area contributed by atoms with E-state index in [9.17, 15) is 9.59 Å². The number of nitrogens with zero attached hydrogens (tertiary/aromatic N) is 2. The molecule has 0 saturated carbocycles. The van der Waals surface area contributed by atoms with Gasteiger partial charge in [-0.25, -0.2) is 9.78 Å². The summed E-state index contributed by atoms with van der Waals surface area (Å²) in [5.74, 6) is 0.0994. The van der Waals surface area contributed by atoms with E-state index in [1.165, 1.54) is 14.0 Å². The predicted molar refractivity (Wildman–Crippen MR) is 79.0 cm³/mol. The van der Waals surface area contributed by atoms with Gasteiger partial charge in [-0.3, -0.25) is 4.79 Å². The van der Waals surface area contributed by atoms with Crippen LogP contribution in [0.3, 0.4) is 0 Å². The highest BCUT2D eigenvalue weighted by atomic mass is 16.5. The van der Waals surface area contributed by atoms with E-state index in [0.29, 0.717) is 11.5 Å². The second kappa shape index (κ2) is 6.43. The van der Waals surface area contributed by atoms with Crippen molar-refractivity contribution in [2.75, 3.05) is 30.8 Å². The molecule has 1 fully saturated rings. The van der Waals surface area contributed by atoms with Crippen molar-refractivity contribution >= 4 is 23.4 Å². The first-order chi connectivity index (χ1) is 10.0. The Kier molecular flexibility index (Phi) is 4.62. The number of nitrogen functional groups attached to an aromatic ring is 1. The Labute approximate surface area is 123 Å². The molecule has 1 aliphatic rings. The Morgan fingerprint density at radius 1 is 1.38 bits per heavy atom. The summed E-state index contributed by atoms with van der Waals surface area (Å²) in [6.07, 6.45) is 1.65. The zero-order valence-electron chi connectivity index (χ0n) is 12.3. The number of rotatable bonds is 3. The van der Waals surface area contributed by atoms with Crippen LogP contribution in [0.2, 0.25) is 0 Å². The second-order valence-corrected chi connectivity index (χ2v) is 5.06. The number of amides is 1. The van der Waals surface area contributed by atoms with E-state index in [1.807, 2.05) is 4.90 Å². The molecule has 1 saturated heterocycles. The number of hydrogen-bond donors (Lipinski definition) is 2. The Hall–Kier alpha value is -2.31. The van der Waals surface area contributed by atoms with E-state index >= 15 is 0 Å². The first kappa shape index (κ1) is 15.1. The fraction of sp³-hybridized carbons (Fsp3) is 0.500. The van der Waals surface area contributed by atoms with Crippen molar-refractivity contribution < 1.29 is 14.3 Å². The van der Waals surface area contributed by atoms with Gasteiger partial charge >= 0.3 is 5.97 Å². The van der Waals surface area contributed by atoms with Gasteiger partial charge in [0.05, 0.1) is 12.8 Å². The molecule has 2 heterocycles. The maximum atomic E-state index is 11.5. The third-order valence-corrected chi connectivity index (χ3v) is 3.50. The van der Waals surface area contributed by atoms with Crippen LogP contribution in [0, 0.1) is 0 Å². The number of esters is 1. The molecule has 0 atom stereocenters. The minimum atomic E-state index is -0.482. The largest absolute Gasteiger partial charge is 0.464 e. The van der Waals surface area contributed by atoms with Crippen LogP contribution in [0.5, 0.6) is 0 Å². The highest BCUT2D eigenvalue weighted by Crippen LogP contribution is 2.24. The van der Waals surface area contributed by atoms with Gasteiger partial charge in [0, 0.05) is 26.1 Å². The van der Waals surface area contributed by atoms with Crippen molar-refractivity contribution in [1.29, 1.82) is 0 Å². The molecule has 21 heavy (non-hydrogen) atoms. The lowest BCUT2D eigenvalue weighted by molar-refractivity contribution is -0.119. The predicted octanol–water partition coefficient (Wildman–Crippen LogP) is 0.555. The minimum Gasteiger partial charge on any atom is -0.464 e. The van der Waals surface area contributed by atoms with Crippen molar-refractivity contribution in [2.24, 2.45) is 0 Å². The van der Waals surface area contributed by atoms with Crippen LogP contribution in [-0.4, -0.2) is 43.1 Å². The van der Waals surface area contributed by atoms with Crippen molar-refractivity contribution in [2.45, 2.75) is 25.8 Å². The van der Waals surface area contributed by atoms with Gasteiger partial charge in [0.25, 0.3) is 0 Å². The number of nitrogens with two attached hydrogens (primary N) is 1. The van der Waals surface area contributed by atoms with E-state index in [0.717, 1.165) is 25.9 Å². The molecule has 1 aromatic heterocycles. The topological polar surface area (TPSA) is 97.5 Å². The number of hydrogen-bond acceptors (Lipinski definition) is 6. The molecule has 0 aliphatic carbocycles. The zero-order valence-corrected chi connectivity index (χ0v) is 12.3. The number of pyridine rings is 1. The van der Waals surface area contributed by atoms with Crippen LogP contribution >= 0.6 is 0 Å². The molecule has 114 valence electrons. The van der Waals surface area contributed by atoms with Gasteiger partial charge in [-0.15, -0.1) is 0 Å². The van der Waals surface area contributed by atoms with Gasteiger partial charge in [-0.2, -0.15) is 0 Å². The summed E-state index contributed by atoms with van der Waals surface area (Å²) in [4.78, 5) is 28.9. The maximum Gasteiger partial charge on any atom is 0.356 e. The van der Waals surface area contributed by atoms with E-state index in [2.05, 4.69) is 15.0 Å². The van der Waals surface area contributed by atoms with E-state index < -0.39 is 5.97 Å². The molecular weight excluding hydrogens is 272 g/mol. The number of anilines is 2. The number of piperidine rings is 1. The summed E-state index contributed by atoms with van der Waals surface area (Å²) in [6.45, 7) is 2.98. The van der Waals surface area contributed by atoms with Gasteiger partial charge in [0.15, 0.2) is 11.5 Å². The van der Waals surface area contributed by atoms with Crippen LogP contribution < -0.4 is 16.0 Å². The lowest BCUT2D eigenvalue weighted by Crippen LogP contribution is -2.44. The number of carbonyl (C=O) groups is 2. The van der Waals surface area contributed by atoms with Crippen LogP contribution in [0.4, 0.5) is 11.5 Å². The van der Waals surface area contributed by atoms with Crippen LogP contribution in [0.25, 0.3) is 0 Å². The molecule has 1 amide bonds. The fourth-order valence-electron chi connectivity index (χ4n) is 2.45. The molecule has 0 aromatic carbocycles. The van der Waals surface area contributed by atoms with Crippen LogP contribution in [0.1, 0.15) is 30.3 Å². The lowest BCUT2D eigenvalue weighted by atomic mass is 10.0. The zero-order chi connectivity index (χ0) is 15.4. The van der Waals surface area contributed by atoms with Gasteiger partial charge in [-0.05, 0) is 25.0 Å². The molecule has 1 aliphatic heterocycles. The Bertz CT molecular complexity index is 539. The maximum absolute atomic E-state index is 11.5. The molecule has 7 nitrogen and oxygen atoms in total. The average molecular weight is 292 g/mol. The van der Waals surface area contributed by atoms with E-state index in [4.69, 9.17) is 5.73 Å². The lowest BCUT2D eigenvalue weighted by Gasteiger charge is -2.33. The van der Waals surface area contributed by atoms with Crippen molar-refractivity contribution in [1.82, 2.24) is 10.3 Å². The van der Waals surface area contributed by atoms with Crippen molar-refractivity contribution in [3.8, 4) is 0 Å². The first-order valence-electron chi connectivity index (χ1n) is 6.88. The summed E-state index contributed by atoms with van der Waals surface area (Å²) >= 11 is 0. The van der Waals surface area contributed by atoms with E-state index in [1.54, 1.807) is 12.1 Å². The Balaban J connectivity index is 2.09. The summed E-state index contributed by atoms with van der Waals surface area (Å²) < 4.78 is 4.67. The molecule has 3 N–H and O–H groups in total. The van der Waals surface area contributed by atoms with Crippen LogP contribution in [0.15, 0.2) is 12.1 Å². The quantitative estimate of drug-likeness (QED) is 0.790. The first-order valence-corrected chi connectivity index (χ1v) is 6.88. The molecule has 0 unspecified atom stereocenters. The molecule has 1 aromatic rings. The number of nitrogens with one attached hydrogen (secondary N) is 1. The molecule has 0 radical (unpaired) electrons. The van der Waals surface area contributed by atoms with Crippen molar-refractivity contribution in [3.05, 3.63) is 17.8 Å². The number of methoxy groups -OCH3 is 1. The fourth-order valence-corrected chi connectivity index (χ4v) is 2.45. The number of aromatic nitrogens is 1. The van der Waals surface area contributed by atoms with Gasteiger partial charge < -0.3 is 20.7 Å². The van der Waals surface area contributed by atoms with E-state index in [-0.39, 0.29) is 17.6 Å². The minimum absolute atomic E-state index is 0.0150. The van der Waals surface area contributed by atoms with Gasteiger partial charge in [0.2, 0.25) is 5.91 Å². The highest BCUT2D eigenvalue weighted by Gasteiger charge is 2.23. The summed E-state index contributed by atoms with van der Waals surface area (Å²) in [5, 5.41) is 2.92. The second-order valence-electron chi connectivity index (χ2n) is 5.06.